The monoisotopic (exact) mass is 511 g/mol. The lowest BCUT2D eigenvalue weighted by Gasteiger charge is -2.39. The Bertz CT molecular complexity index is 1140. The van der Waals surface area contributed by atoms with Gasteiger partial charge < -0.3 is 20.2 Å². The Hall–Kier alpha value is -2.66. The number of rotatable bonds is 6. The number of thiophene rings is 1. The van der Waals surface area contributed by atoms with Gasteiger partial charge in [0, 0.05) is 25.2 Å². The Kier molecular flexibility index (Phi) is 8.84. The number of nitrogens with one attached hydrogen (secondary N) is 1. The summed E-state index contributed by atoms with van der Waals surface area (Å²) in [6, 6.07) is 4.10. The number of hydrogen-bond acceptors (Lipinski definition) is 10. The van der Waals surface area contributed by atoms with Gasteiger partial charge >= 0.3 is 0 Å². The zero-order chi connectivity index (χ0) is 25.7. The van der Waals surface area contributed by atoms with Gasteiger partial charge in [0.2, 0.25) is 5.95 Å². The number of pyridine rings is 1. The number of aliphatic hydroxyl groups excluding tert-OH is 1. The average Bonchev–Trinajstić information content (AvgIpc) is 3.52. The van der Waals surface area contributed by atoms with E-state index in [0.717, 1.165) is 65.1 Å². The molecule has 2 fully saturated rings. The Morgan fingerprint density at radius 1 is 1.17 bits per heavy atom. The molecule has 0 amide bonds. The Morgan fingerprint density at radius 3 is 2.56 bits per heavy atom. The van der Waals surface area contributed by atoms with Gasteiger partial charge in [-0.05, 0) is 59.1 Å². The third-order valence-corrected chi connectivity index (χ3v) is 7.76. The predicted molar refractivity (Wildman–Crippen MR) is 147 cm³/mol. The van der Waals surface area contributed by atoms with E-state index < -0.39 is 0 Å². The van der Waals surface area contributed by atoms with Crippen LogP contribution in [-0.2, 0) is 0 Å². The molecular weight excluding hydrogens is 474 g/mol. The fourth-order valence-corrected chi connectivity index (χ4v) is 5.84. The Balaban J connectivity index is 0.000000709. The maximum Gasteiger partial charge on any atom is 0.228 e. The SMILES string of the molecule is CN(C)C.CN1CCN(c2ccc(Nc3ncc4sc(C=O)c(C5CCCC5)c4n3)nc2)CC1CO. The van der Waals surface area contributed by atoms with Crippen molar-refractivity contribution in [2.45, 2.75) is 37.6 Å². The highest BCUT2D eigenvalue weighted by atomic mass is 32.1. The van der Waals surface area contributed by atoms with E-state index in [1.807, 2.05) is 51.4 Å². The number of aldehydes is 1. The van der Waals surface area contributed by atoms with Crippen LogP contribution in [0.1, 0.15) is 46.8 Å². The van der Waals surface area contributed by atoms with E-state index in [4.69, 9.17) is 4.98 Å². The highest BCUT2D eigenvalue weighted by Gasteiger charge is 2.26. The minimum absolute atomic E-state index is 0.137. The number of piperazine rings is 1. The number of carbonyl (C=O) groups is 1. The normalized spacial score (nSPS) is 18.9. The molecule has 10 heteroatoms. The summed E-state index contributed by atoms with van der Waals surface area (Å²) in [6.07, 6.45) is 9.26. The van der Waals surface area contributed by atoms with Crippen LogP contribution >= 0.6 is 11.3 Å². The van der Waals surface area contributed by atoms with Gasteiger partial charge in [0.15, 0.2) is 6.29 Å². The first-order valence-corrected chi connectivity index (χ1v) is 13.4. The molecule has 0 bridgehead atoms. The minimum Gasteiger partial charge on any atom is -0.395 e. The summed E-state index contributed by atoms with van der Waals surface area (Å²) in [7, 11) is 8.05. The predicted octanol–water partition coefficient (Wildman–Crippen LogP) is 3.59. The van der Waals surface area contributed by atoms with Crippen LogP contribution in [0.25, 0.3) is 10.2 Å². The molecule has 2 N–H and O–H groups in total. The third kappa shape index (κ3) is 6.18. The van der Waals surface area contributed by atoms with Gasteiger partial charge in [0.05, 0.1) is 45.8 Å². The van der Waals surface area contributed by atoms with Crippen molar-refractivity contribution in [2.75, 3.05) is 64.6 Å². The molecule has 1 unspecified atom stereocenters. The molecule has 3 aromatic rings. The molecule has 9 nitrogen and oxygen atoms in total. The highest BCUT2D eigenvalue weighted by Crippen LogP contribution is 2.42. The van der Waals surface area contributed by atoms with E-state index in [9.17, 15) is 9.90 Å². The molecule has 4 heterocycles. The molecule has 0 radical (unpaired) electrons. The van der Waals surface area contributed by atoms with E-state index in [-0.39, 0.29) is 12.6 Å². The van der Waals surface area contributed by atoms with E-state index in [0.29, 0.717) is 17.7 Å². The maximum absolute atomic E-state index is 11.7. The third-order valence-electron chi connectivity index (χ3n) is 6.71. The van der Waals surface area contributed by atoms with Gasteiger partial charge in [-0.3, -0.25) is 9.69 Å². The summed E-state index contributed by atoms with van der Waals surface area (Å²) in [5.74, 6) is 1.58. The van der Waals surface area contributed by atoms with Gasteiger partial charge in [-0.2, -0.15) is 0 Å². The summed E-state index contributed by atoms with van der Waals surface area (Å²) in [4.78, 5) is 32.7. The van der Waals surface area contributed by atoms with Crippen LogP contribution in [0.15, 0.2) is 24.5 Å². The van der Waals surface area contributed by atoms with E-state index in [1.54, 1.807) is 6.20 Å². The molecule has 1 aliphatic heterocycles. The van der Waals surface area contributed by atoms with Crippen LogP contribution in [0.3, 0.4) is 0 Å². The average molecular weight is 512 g/mol. The van der Waals surface area contributed by atoms with Crippen LogP contribution in [-0.4, -0.2) is 96.6 Å². The van der Waals surface area contributed by atoms with Gasteiger partial charge in [0.1, 0.15) is 5.82 Å². The number of carbonyl (C=O) groups excluding carboxylic acids is 1. The molecule has 0 spiro atoms. The summed E-state index contributed by atoms with van der Waals surface area (Å²) in [6.45, 7) is 2.74. The van der Waals surface area contributed by atoms with Crippen molar-refractivity contribution < 1.29 is 9.90 Å². The molecule has 1 aliphatic carbocycles. The largest absolute Gasteiger partial charge is 0.395 e. The summed E-state index contributed by atoms with van der Waals surface area (Å²) in [5.41, 5.74) is 3.03. The van der Waals surface area contributed by atoms with Crippen molar-refractivity contribution in [2.24, 2.45) is 0 Å². The van der Waals surface area contributed by atoms with Crippen molar-refractivity contribution >= 4 is 45.3 Å². The lowest BCUT2D eigenvalue weighted by Crippen LogP contribution is -2.53. The maximum atomic E-state index is 11.7. The number of aromatic nitrogens is 3. The molecule has 5 rings (SSSR count). The molecule has 1 saturated heterocycles. The van der Waals surface area contributed by atoms with E-state index in [1.165, 1.54) is 24.2 Å². The second-order valence-corrected chi connectivity index (χ2v) is 11.1. The zero-order valence-electron chi connectivity index (χ0n) is 21.6. The van der Waals surface area contributed by atoms with Crippen LogP contribution in [0.2, 0.25) is 0 Å². The fourth-order valence-electron chi connectivity index (χ4n) is 4.82. The van der Waals surface area contributed by atoms with E-state index >= 15 is 0 Å². The summed E-state index contributed by atoms with van der Waals surface area (Å²) < 4.78 is 0.955. The lowest BCUT2D eigenvalue weighted by atomic mass is 9.97. The van der Waals surface area contributed by atoms with Crippen LogP contribution in [0.5, 0.6) is 0 Å². The summed E-state index contributed by atoms with van der Waals surface area (Å²) in [5, 5.41) is 12.8. The first kappa shape index (κ1) is 26.4. The molecule has 36 heavy (non-hydrogen) atoms. The van der Waals surface area contributed by atoms with Crippen molar-refractivity contribution in [3.63, 3.8) is 0 Å². The molecule has 194 valence electrons. The quantitative estimate of drug-likeness (QED) is 0.481. The van der Waals surface area contributed by atoms with Gasteiger partial charge in [-0.1, -0.05) is 12.8 Å². The first-order chi connectivity index (χ1) is 17.4. The first-order valence-electron chi connectivity index (χ1n) is 12.5. The topological polar surface area (TPSA) is 97.7 Å². The minimum atomic E-state index is 0.137. The lowest BCUT2D eigenvalue weighted by molar-refractivity contribution is 0.112. The molecule has 3 aromatic heterocycles. The van der Waals surface area contributed by atoms with Crippen molar-refractivity contribution in [3.05, 3.63) is 35.0 Å². The summed E-state index contributed by atoms with van der Waals surface area (Å²) >= 11 is 1.48. The Morgan fingerprint density at radius 2 is 1.92 bits per heavy atom. The van der Waals surface area contributed by atoms with Crippen molar-refractivity contribution in [3.8, 4) is 0 Å². The molecule has 0 aromatic carbocycles. The number of hydrogen-bond donors (Lipinski definition) is 2. The number of fused-ring (bicyclic) bond motifs is 1. The van der Waals surface area contributed by atoms with Crippen LogP contribution in [0, 0.1) is 0 Å². The number of likely N-dealkylation sites (N-methyl/N-ethyl adjacent to an activating group) is 1. The molecular formula is C26H37N7O2S. The number of anilines is 3. The number of nitrogens with zero attached hydrogens (tertiary/aromatic N) is 6. The Labute approximate surface area is 217 Å². The van der Waals surface area contributed by atoms with Crippen LogP contribution in [0.4, 0.5) is 17.5 Å². The van der Waals surface area contributed by atoms with E-state index in [2.05, 4.69) is 25.1 Å². The second-order valence-electron chi connectivity index (χ2n) is 10.0. The van der Waals surface area contributed by atoms with Crippen molar-refractivity contribution in [1.82, 2.24) is 24.8 Å². The fraction of sp³-hybridized carbons (Fsp3) is 0.538. The molecule has 1 saturated carbocycles. The van der Waals surface area contributed by atoms with Gasteiger partial charge in [0.25, 0.3) is 0 Å². The molecule has 1 atom stereocenters. The smallest absolute Gasteiger partial charge is 0.228 e. The van der Waals surface area contributed by atoms with Gasteiger partial charge in [-0.15, -0.1) is 11.3 Å². The zero-order valence-corrected chi connectivity index (χ0v) is 22.5. The standard InChI is InChI=1S/C23H28N6O2S.C3H9N/c1-28-8-9-29(12-17(28)13-30)16-6-7-20(24-10-16)26-23-25-11-18-22(27-23)21(19(14-31)32-18)15-4-2-3-5-15;1-4(2)3/h6-7,10-11,14-15,17,30H,2-5,8-9,12-13H2,1H3,(H,24,25,26,27);1-3H3. The van der Waals surface area contributed by atoms with Crippen LogP contribution < -0.4 is 10.2 Å². The molecule has 2 aliphatic rings. The highest BCUT2D eigenvalue weighted by molar-refractivity contribution is 7.20. The van der Waals surface area contributed by atoms with Crippen molar-refractivity contribution in [1.29, 1.82) is 0 Å². The van der Waals surface area contributed by atoms with Gasteiger partial charge in [-0.25, -0.2) is 15.0 Å². The second kappa shape index (κ2) is 12.1. The number of aliphatic hydroxyl groups is 1.